The van der Waals surface area contributed by atoms with Crippen molar-refractivity contribution >= 4 is 51.0 Å². The van der Waals surface area contributed by atoms with Gasteiger partial charge in [-0.25, -0.2) is 26.6 Å². The Hall–Kier alpha value is -4.26. The van der Waals surface area contributed by atoms with E-state index in [4.69, 9.17) is 13.9 Å². The van der Waals surface area contributed by atoms with Gasteiger partial charge in [-0.3, -0.25) is 0 Å². The van der Waals surface area contributed by atoms with Crippen LogP contribution in [0.5, 0.6) is 5.75 Å². The van der Waals surface area contributed by atoms with E-state index in [1.54, 1.807) is 41.0 Å². The van der Waals surface area contributed by atoms with Gasteiger partial charge in [0.25, 0.3) is 10.0 Å². The number of pyridine rings is 1. The van der Waals surface area contributed by atoms with Gasteiger partial charge in [0.05, 0.1) is 34.0 Å². The molecule has 0 spiro atoms. The van der Waals surface area contributed by atoms with E-state index in [0.29, 0.717) is 28.8 Å². The lowest BCUT2D eigenvalue weighted by Gasteiger charge is -2.17. The van der Waals surface area contributed by atoms with Crippen molar-refractivity contribution in [3.05, 3.63) is 89.3 Å². The summed E-state index contributed by atoms with van der Waals surface area (Å²) < 4.78 is 62.6. The Morgan fingerprint density at radius 3 is 2.51 bits per heavy atom. The van der Waals surface area contributed by atoms with Crippen LogP contribution in [0.4, 0.5) is 4.39 Å². The highest BCUT2D eigenvalue weighted by atomic mass is 32.2. The average molecular weight is 620 g/mol. The second-order valence-electron chi connectivity index (χ2n) is 11.4. The Morgan fingerprint density at radius 1 is 1.02 bits per heavy atom. The van der Waals surface area contributed by atoms with Crippen molar-refractivity contribution in [2.75, 3.05) is 13.7 Å². The summed E-state index contributed by atoms with van der Waals surface area (Å²) in [6, 6.07) is 16.9. The average Bonchev–Trinajstić information content (AvgIpc) is 3.59. The van der Waals surface area contributed by atoms with Crippen LogP contribution in [0.1, 0.15) is 0 Å². The number of methoxy groups -OCH3 is 1. The lowest BCUT2D eigenvalue weighted by molar-refractivity contribution is 0.0914. The summed E-state index contributed by atoms with van der Waals surface area (Å²) in [5.41, 5.74) is 1.06. The SMILES string of the molecule is COc1ccc2oc(=O)c3cc(-c4ccnc5c4ccn5S(=O)(=O)c4ccccc4)n(COCC[Si](C)(C)C)c3c2c1F. The van der Waals surface area contributed by atoms with Crippen LogP contribution in [-0.4, -0.2) is 43.7 Å². The molecular weight excluding hydrogens is 590 g/mol. The fourth-order valence-electron chi connectivity index (χ4n) is 5.16. The molecule has 0 bridgehead atoms. The van der Waals surface area contributed by atoms with Gasteiger partial charge in [0.1, 0.15) is 12.3 Å². The molecule has 4 aromatic heterocycles. The molecular formula is C31H30FN3O6SSi. The van der Waals surface area contributed by atoms with Crippen LogP contribution in [-0.2, 0) is 21.5 Å². The molecule has 0 fully saturated rings. The molecule has 0 aliphatic carbocycles. The summed E-state index contributed by atoms with van der Waals surface area (Å²) >= 11 is 0. The Bertz CT molecular complexity index is 2170. The van der Waals surface area contributed by atoms with E-state index in [1.165, 1.54) is 43.8 Å². The molecule has 222 valence electrons. The number of rotatable bonds is 9. The lowest BCUT2D eigenvalue weighted by Crippen LogP contribution is -2.22. The molecule has 0 aliphatic rings. The standard InChI is InChI=1S/C31H30FN3O6SSi/c1-39-26-11-10-25-27(28(26)32)29-23(31(36)41-25)18-24(34(29)19-40-16-17-43(2,3)4)21-12-14-33-30-22(21)13-15-35(30)42(37,38)20-8-6-5-7-9-20/h5-15,18H,16-17,19H2,1-4H3. The number of ether oxygens (including phenoxy) is 2. The first-order valence-electron chi connectivity index (χ1n) is 13.7. The minimum Gasteiger partial charge on any atom is -0.494 e. The smallest absolute Gasteiger partial charge is 0.345 e. The van der Waals surface area contributed by atoms with Gasteiger partial charge in [-0.15, -0.1) is 0 Å². The van der Waals surface area contributed by atoms with Gasteiger partial charge in [0.2, 0.25) is 0 Å². The Balaban J connectivity index is 1.60. The van der Waals surface area contributed by atoms with Gasteiger partial charge < -0.3 is 18.5 Å². The minimum absolute atomic E-state index is 0.00564. The van der Waals surface area contributed by atoms with E-state index < -0.39 is 29.5 Å². The van der Waals surface area contributed by atoms with Crippen molar-refractivity contribution in [3.63, 3.8) is 0 Å². The molecule has 0 saturated carbocycles. The van der Waals surface area contributed by atoms with Crippen molar-refractivity contribution < 1.29 is 26.7 Å². The zero-order chi connectivity index (χ0) is 30.5. The monoisotopic (exact) mass is 619 g/mol. The van der Waals surface area contributed by atoms with Crippen LogP contribution in [0.3, 0.4) is 0 Å². The molecule has 0 N–H and O–H groups in total. The van der Waals surface area contributed by atoms with Gasteiger partial charge in [-0.05, 0) is 48.5 Å². The summed E-state index contributed by atoms with van der Waals surface area (Å²) in [4.78, 5) is 17.7. The molecule has 0 saturated heterocycles. The first-order valence-corrected chi connectivity index (χ1v) is 18.8. The number of fused-ring (bicyclic) bond motifs is 4. The number of hydrogen-bond donors (Lipinski definition) is 0. The molecule has 0 atom stereocenters. The molecule has 4 heterocycles. The third-order valence-electron chi connectivity index (χ3n) is 7.39. The van der Waals surface area contributed by atoms with Crippen LogP contribution < -0.4 is 10.4 Å². The van der Waals surface area contributed by atoms with Gasteiger partial charge in [0.15, 0.2) is 17.2 Å². The van der Waals surface area contributed by atoms with E-state index in [-0.39, 0.29) is 39.4 Å². The van der Waals surface area contributed by atoms with Crippen LogP contribution in [0.15, 0.2) is 87.2 Å². The van der Waals surface area contributed by atoms with Crippen molar-refractivity contribution in [1.29, 1.82) is 0 Å². The van der Waals surface area contributed by atoms with Crippen molar-refractivity contribution in [2.24, 2.45) is 0 Å². The zero-order valence-corrected chi connectivity index (χ0v) is 25.9. The van der Waals surface area contributed by atoms with E-state index in [9.17, 15) is 13.2 Å². The molecule has 43 heavy (non-hydrogen) atoms. The van der Waals surface area contributed by atoms with Crippen LogP contribution in [0.25, 0.3) is 44.2 Å². The van der Waals surface area contributed by atoms with E-state index in [1.807, 2.05) is 0 Å². The van der Waals surface area contributed by atoms with E-state index >= 15 is 4.39 Å². The number of aromatic nitrogens is 3. The van der Waals surface area contributed by atoms with Crippen molar-refractivity contribution in [3.8, 4) is 17.0 Å². The highest BCUT2D eigenvalue weighted by molar-refractivity contribution is 7.90. The molecule has 9 nitrogen and oxygen atoms in total. The Labute approximate surface area is 248 Å². The van der Waals surface area contributed by atoms with Crippen LogP contribution >= 0.6 is 0 Å². The minimum atomic E-state index is -3.94. The van der Waals surface area contributed by atoms with E-state index in [2.05, 4.69) is 24.6 Å². The highest BCUT2D eigenvalue weighted by Crippen LogP contribution is 2.38. The van der Waals surface area contributed by atoms with Crippen molar-refractivity contribution in [2.45, 2.75) is 37.3 Å². The molecule has 0 unspecified atom stereocenters. The predicted octanol–water partition coefficient (Wildman–Crippen LogP) is 6.46. The van der Waals surface area contributed by atoms with Gasteiger partial charge in [-0.2, -0.15) is 0 Å². The number of nitrogens with zero attached hydrogens (tertiary/aromatic N) is 3. The first-order chi connectivity index (χ1) is 20.5. The maximum atomic E-state index is 15.8. The summed E-state index contributed by atoms with van der Waals surface area (Å²) in [5, 5.41) is 0.771. The Morgan fingerprint density at radius 2 is 1.79 bits per heavy atom. The van der Waals surface area contributed by atoms with Crippen LogP contribution in [0, 0.1) is 5.82 Å². The fourth-order valence-corrected chi connectivity index (χ4v) is 7.24. The molecule has 12 heteroatoms. The molecule has 0 radical (unpaired) electrons. The molecule has 0 aliphatic heterocycles. The lowest BCUT2D eigenvalue weighted by atomic mass is 10.1. The fraction of sp³-hybridized carbons (Fsp3) is 0.226. The quantitative estimate of drug-likeness (QED) is 0.104. The molecule has 2 aromatic carbocycles. The van der Waals surface area contributed by atoms with Crippen molar-refractivity contribution in [1.82, 2.24) is 13.5 Å². The predicted molar refractivity (Wildman–Crippen MR) is 166 cm³/mol. The summed E-state index contributed by atoms with van der Waals surface area (Å²) in [7, 11) is -3.98. The largest absolute Gasteiger partial charge is 0.494 e. The second-order valence-corrected chi connectivity index (χ2v) is 18.9. The number of halogens is 1. The third-order valence-corrected chi connectivity index (χ3v) is 10.8. The Kier molecular flexibility index (Phi) is 7.23. The summed E-state index contributed by atoms with van der Waals surface area (Å²) in [6.45, 7) is 7.24. The van der Waals surface area contributed by atoms with Gasteiger partial charge in [0, 0.05) is 38.0 Å². The first kappa shape index (κ1) is 28.8. The summed E-state index contributed by atoms with van der Waals surface area (Å²) in [5.74, 6) is -0.659. The zero-order valence-electron chi connectivity index (χ0n) is 24.1. The maximum absolute atomic E-state index is 15.8. The molecule has 0 amide bonds. The molecule has 6 aromatic rings. The van der Waals surface area contributed by atoms with Gasteiger partial charge in [-0.1, -0.05) is 37.8 Å². The van der Waals surface area contributed by atoms with Crippen LogP contribution in [0.2, 0.25) is 25.7 Å². The van der Waals surface area contributed by atoms with E-state index in [0.717, 1.165) is 10.0 Å². The number of benzene rings is 2. The maximum Gasteiger partial charge on any atom is 0.345 e. The third kappa shape index (κ3) is 5.05. The highest BCUT2D eigenvalue weighted by Gasteiger charge is 2.25. The number of hydrogen-bond acceptors (Lipinski definition) is 7. The van der Waals surface area contributed by atoms with Gasteiger partial charge >= 0.3 is 5.63 Å². The summed E-state index contributed by atoms with van der Waals surface area (Å²) in [6.07, 6.45) is 2.96. The topological polar surface area (TPSA) is 106 Å². The normalized spacial score (nSPS) is 12.5. The second kappa shape index (κ2) is 10.8. The molecule has 6 rings (SSSR count).